The molecule has 0 fully saturated rings. The summed E-state index contributed by atoms with van der Waals surface area (Å²) in [6, 6.07) is 0. The summed E-state index contributed by atoms with van der Waals surface area (Å²) in [7, 11) is 1.64. The van der Waals surface area contributed by atoms with Crippen molar-refractivity contribution in [2.75, 3.05) is 13.7 Å². The van der Waals surface area contributed by atoms with Gasteiger partial charge in [0.15, 0.2) is 0 Å². The van der Waals surface area contributed by atoms with Crippen molar-refractivity contribution in [2.45, 2.75) is 73.2 Å². The Morgan fingerprint density at radius 2 is 1.37 bits per heavy atom. The average Bonchev–Trinajstić information content (AvgIpc) is 2.16. The van der Waals surface area contributed by atoms with Crippen LogP contribution in [0.3, 0.4) is 0 Å². The maximum absolute atomic E-state index is 8.00. The molecule has 0 saturated carbocycles. The van der Waals surface area contributed by atoms with E-state index in [2.05, 4.69) is 53.3 Å². The summed E-state index contributed by atoms with van der Waals surface area (Å²) in [4.78, 5) is 11.2. The molecule has 0 aliphatic carbocycles. The first-order valence-corrected chi connectivity index (χ1v) is 5.97. The Bertz CT molecular complexity index is 193. The molecule has 0 rings (SSSR count). The van der Waals surface area contributed by atoms with Gasteiger partial charge in [-0.05, 0) is 55.2 Å². The van der Waals surface area contributed by atoms with Crippen molar-refractivity contribution in [2.24, 2.45) is 4.99 Å². The van der Waals surface area contributed by atoms with Crippen LogP contribution in [0.5, 0.6) is 0 Å². The van der Waals surface area contributed by atoms with Gasteiger partial charge in [-0.15, -0.1) is 0 Å². The molecule has 0 aromatic rings. The standard InChI is InChI=1S/C11H24O2.C2H5N.CH2O.CH4/c1-9(13-11(5,6)7)8-12-10(2,3)4;1-3-2;1-2;/h9H,8H2,1-7H3;1H2,2H3;1H2;1H4. The zero-order valence-electron chi connectivity index (χ0n) is 13.4. The number of hydrogen-bond acceptors (Lipinski definition) is 4. The summed E-state index contributed by atoms with van der Waals surface area (Å²) >= 11 is 0. The van der Waals surface area contributed by atoms with E-state index in [1.807, 2.05) is 13.7 Å². The Labute approximate surface area is 120 Å². The normalized spacial score (nSPS) is 11.8. The number of hydrogen-bond donors (Lipinski definition) is 0. The highest BCUT2D eigenvalue weighted by atomic mass is 16.6. The van der Waals surface area contributed by atoms with Gasteiger partial charge in [-0.3, -0.25) is 0 Å². The number of aliphatic imine (C=N–C) groups is 1. The lowest BCUT2D eigenvalue weighted by molar-refractivity contribution is -0.112. The summed E-state index contributed by atoms with van der Waals surface area (Å²) in [6.07, 6.45) is 0.152. The number of nitrogens with zero attached hydrogens (tertiary/aromatic N) is 1. The number of rotatable bonds is 3. The van der Waals surface area contributed by atoms with Crippen LogP contribution in [0.15, 0.2) is 4.99 Å². The molecule has 118 valence electrons. The summed E-state index contributed by atoms with van der Waals surface area (Å²) in [6.45, 7) is 20.1. The lowest BCUT2D eigenvalue weighted by Gasteiger charge is -2.28. The zero-order valence-corrected chi connectivity index (χ0v) is 13.4. The molecule has 0 saturated heterocycles. The third kappa shape index (κ3) is 38.2. The average molecular weight is 277 g/mol. The van der Waals surface area contributed by atoms with Crippen molar-refractivity contribution in [1.82, 2.24) is 0 Å². The minimum Gasteiger partial charge on any atom is -0.373 e. The van der Waals surface area contributed by atoms with Gasteiger partial charge in [-0.1, -0.05) is 7.43 Å². The molecule has 0 amide bonds. The molecule has 1 unspecified atom stereocenters. The fraction of sp³-hybridized carbons (Fsp3) is 0.867. The van der Waals surface area contributed by atoms with Crippen molar-refractivity contribution in [3.8, 4) is 0 Å². The third-order valence-corrected chi connectivity index (χ3v) is 1.31. The van der Waals surface area contributed by atoms with Gasteiger partial charge >= 0.3 is 0 Å². The smallest absolute Gasteiger partial charge is 0.106 e. The van der Waals surface area contributed by atoms with Crippen molar-refractivity contribution in [3.05, 3.63) is 0 Å². The van der Waals surface area contributed by atoms with Gasteiger partial charge in [0.1, 0.15) is 6.79 Å². The Morgan fingerprint density at radius 1 is 1.05 bits per heavy atom. The molecule has 0 N–H and O–H groups in total. The van der Waals surface area contributed by atoms with Crippen LogP contribution in [-0.4, -0.2) is 44.5 Å². The molecule has 0 radical (unpaired) electrons. The van der Waals surface area contributed by atoms with Crippen molar-refractivity contribution in [1.29, 1.82) is 0 Å². The maximum Gasteiger partial charge on any atom is 0.106 e. The fourth-order valence-electron chi connectivity index (χ4n) is 1.00. The van der Waals surface area contributed by atoms with E-state index in [0.717, 1.165) is 0 Å². The Balaban J connectivity index is -0.000000164. The molecule has 0 aliphatic rings. The van der Waals surface area contributed by atoms with Crippen LogP contribution in [0, 0.1) is 0 Å². The lowest BCUT2D eigenvalue weighted by atomic mass is 10.2. The predicted octanol–water partition coefficient (Wildman–Crippen LogP) is 3.77. The van der Waals surface area contributed by atoms with Crippen LogP contribution in [-0.2, 0) is 14.3 Å². The summed E-state index contributed by atoms with van der Waals surface area (Å²) < 4.78 is 11.3. The van der Waals surface area contributed by atoms with Crippen molar-refractivity contribution < 1.29 is 14.3 Å². The van der Waals surface area contributed by atoms with Gasteiger partial charge < -0.3 is 19.3 Å². The Hall–Kier alpha value is -0.740. The second-order valence-corrected chi connectivity index (χ2v) is 5.78. The first kappa shape index (κ1) is 26.8. The van der Waals surface area contributed by atoms with Crippen LogP contribution >= 0.6 is 0 Å². The van der Waals surface area contributed by atoms with Gasteiger partial charge in [0.25, 0.3) is 0 Å². The van der Waals surface area contributed by atoms with Crippen molar-refractivity contribution in [3.63, 3.8) is 0 Å². The monoisotopic (exact) mass is 277 g/mol. The molecule has 1 atom stereocenters. The second-order valence-electron chi connectivity index (χ2n) is 5.78. The molecule has 4 nitrogen and oxygen atoms in total. The van der Waals surface area contributed by atoms with Crippen LogP contribution in [0.1, 0.15) is 55.9 Å². The molecule has 0 aromatic heterocycles. The molecule has 4 heteroatoms. The largest absolute Gasteiger partial charge is 0.373 e. The highest BCUT2D eigenvalue weighted by Crippen LogP contribution is 2.13. The van der Waals surface area contributed by atoms with E-state index in [-0.39, 0.29) is 24.7 Å². The van der Waals surface area contributed by atoms with E-state index in [4.69, 9.17) is 14.3 Å². The minimum atomic E-state index is -0.0827. The third-order valence-electron chi connectivity index (χ3n) is 1.31. The van der Waals surface area contributed by atoms with E-state index in [1.54, 1.807) is 7.05 Å². The van der Waals surface area contributed by atoms with E-state index in [9.17, 15) is 0 Å². The molecule has 0 aromatic carbocycles. The van der Waals surface area contributed by atoms with Gasteiger partial charge in [-0.25, -0.2) is 0 Å². The molecule has 0 spiro atoms. The summed E-state index contributed by atoms with van der Waals surface area (Å²) in [5, 5.41) is 0. The van der Waals surface area contributed by atoms with Gasteiger partial charge in [-0.2, -0.15) is 0 Å². The van der Waals surface area contributed by atoms with Gasteiger partial charge in [0, 0.05) is 7.05 Å². The molecule has 0 heterocycles. The summed E-state index contributed by atoms with van der Waals surface area (Å²) in [5.41, 5.74) is -0.157. The molecule has 0 bridgehead atoms. The number of carbonyl (C=O) groups excluding carboxylic acids is 1. The highest BCUT2D eigenvalue weighted by molar-refractivity contribution is 5.22. The van der Waals surface area contributed by atoms with Crippen LogP contribution in [0.25, 0.3) is 0 Å². The van der Waals surface area contributed by atoms with Gasteiger partial charge in [0.05, 0.1) is 23.9 Å². The lowest BCUT2D eigenvalue weighted by Crippen LogP contribution is -2.31. The molecular weight excluding hydrogens is 242 g/mol. The van der Waals surface area contributed by atoms with Crippen LogP contribution in [0.4, 0.5) is 0 Å². The fourth-order valence-corrected chi connectivity index (χ4v) is 1.00. The summed E-state index contributed by atoms with van der Waals surface area (Å²) in [5.74, 6) is 0. The van der Waals surface area contributed by atoms with Crippen molar-refractivity contribution >= 4 is 13.5 Å². The second kappa shape index (κ2) is 13.7. The Kier molecular flexibility index (Phi) is 19.3. The molecular formula is C15H35NO3. The topological polar surface area (TPSA) is 47.9 Å². The molecule has 0 aliphatic heterocycles. The SMILES string of the molecule is C.C=NC.C=O.CC(COC(C)(C)C)OC(C)(C)C. The Morgan fingerprint density at radius 3 is 1.58 bits per heavy atom. The van der Waals surface area contributed by atoms with E-state index in [0.29, 0.717) is 6.61 Å². The highest BCUT2D eigenvalue weighted by Gasteiger charge is 2.17. The van der Waals surface area contributed by atoms with E-state index >= 15 is 0 Å². The maximum atomic E-state index is 8.00. The first-order valence-electron chi connectivity index (χ1n) is 5.97. The number of carbonyl (C=O) groups is 1. The first-order chi connectivity index (χ1) is 8.02. The van der Waals surface area contributed by atoms with E-state index < -0.39 is 0 Å². The molecule has 19 heavy (non-hydrogen) atoms. The van der Waals surface area contributed by atoms with Crippen LogP contribution in [0.2, 0.25) is 0 Å². The predicted molar refractivity (Wildman–Crippen MR) is 85.3 cm³/mol. The van der Waals surface area contributed by atoms with Gasteiger partial charge in [0.2, 0.25) is 0 Å². The quantitative estimate of drug-likeness (QED) is 0.738. The van der Waals surface area contributed by atoms with E-state index in [1.165, 1.54) is 0 Å². The minimum absolute atomic E-state index is 0. The number of ether oxygens (including phenoxy) is 2. The van der Waals surface area contributed by atoms with Crippen LogP contribution < -0.4 is 0 Å². The zero-order chi connectivity index (χ0) is 15.4.